The van der Waals surface area contributed by atoms with E-state index < -0.39 is 35.2 Å². The molecule has 2 aliphatic rings. The van der Waals surface area contributed by atoms with Gasteiger partial charge in [0, 0.05) is 29.0 Å². The molecule has 0 bridgehead atoms. The number of carbonyl (C=O) groups is 4. The lowest BCUT2D eigenvalue weighted by Gasteiger charge is -2.34. The molecule has 5 amide bonds. The number of ether oxygens (including phenoxy) is 1. The molecule has 3 heterocycles. The molecule has 33 heavy (non-hydrogen) atoms. The van der Waals surface area contributed by atoms with Gasteiger partial charge >= 0.3 is 6.03 Å². The van der Waals surface area contributed by atoms with E-state index in [9.17, 15) is 19.2 Å². The fourth-order valence-electron chi connectivity index (χ4n) is 4.50. The average molecular weight is 444 g/mol. The predicted octanol–water partition coefficient (Wildman–Crippen LogP) is 1.83. The largest absolute Gasteiger partial charge is 0.489 e. The first-order valence-corrected chi connectivity index (χ1v) is 10.4. The topological polar surface area (TPSA) is 126 Å². The number of barbiturate groups is 1. The first-order chi connectivity index (χ1) is 15.9. The Kier molecular flexibility index (Phi) is 4.81. The van der Waals surface area contributed by atoms with Gasteiger partial charge in [0.05, 0.1) is 5.52 Å². The minimum Gasteiger partial charge on any atom is -0.489 e. The van der Waals surface area contributed by atoms with E-state index in [-0.39, 0.29) is 6.42 Å². The number of para-hydroxylation sites is 1. The number of nitrogens with one attached hydrogen (secondary N) is 3. The van der Waals surface area contributed by atoms with E-state index >= 15 is 0 Å². The average Bonchev–Trinajstić information content (AvgIpc) is 3.14. The van der Waals surface area contributed by atoms with Gasteiger partial charge in [0.25, 0.3) is 11.8 Å². The van der Waals surface area contributed by atoms with E-state index in [1.807, 2.05) is 37.3 Å². The standard InChI is InChI=1S/C24H20N4O5/c1-13-10-15(17-4-2-3-5-19(17)25-13)12-33-16-8-6-14(7-9-16)18-11-20(29)28-24(18)21(30)26-23(32)27-22(24)31/h2-10,18H,11-12H2,1H3,(H,28,29)(H2,26,27,30,31,32). The second kappa shape index (κ2) is 7.70. The number of urea groups is 1. The molecular weight excluding hydrogens is 424 g/mol. The zero-order valence-electron chi connectivity index (χ0n) is 17.7. The molecule has 5 rings (SSSR count). The minimum absolute atomic E-state index is 0.0580. The van der Waals surface area contributed by atoms with Crippen molar-refractivity contribution in [1.29, 1.82) is 0 Å². The van der Waals surface area contributed by atoms with E-state index in [4.69, 9.17) is 4.74 Å². The Balaban J connectivity index is 1.38. The lowest BCUT2D eigenvalue weighted by Crippen LogP contribution is -2.72. The summed E-state index contributed by atoms with van der Waals surface area (Å²) in [7, 11) is 0. The molecule has 0 aliphatic carbocycles. The molecule has 0 saturated carbocycles. The Morgan fingerprint density at radius 1 is 1.00 bits per heavy atom. The van der Waals surface area contributed by atoms with Crippen LogP contribution in [0.5, 0.6) is 5.75 Å². The Morgan fingerprint density at radius 3 is 2.42 bits per heavy atom. The van der Waals surface area contributed by atoms with Crippen molar-refractivity contribution in [2.24, 2.45) is 0 Å². The number of hydrogen-bond donors (Lipinski definition) is 3. The highest BCUT2D eigenvalue weighted by molar-refractivity contribution is 6.25. The van der Waals surface area contributed by atoms with Crippen LogP contribution in [0.1, 0.15) is 29.2 Å². The molecule has 9 heteroatoms. The van der Waals surface area contributed by atoms with Crippen molar-refractivity contribution in [2.45, 2.75) is 31.4 Å². The van der Waals surface area contributed by atoms with Crippen molar-refractivity contribution in [3.8, 4) is 5.75 Å². The lowest BCUT2D eigenvalue weighted by molar-refractivity contribution is -0.141. The molecule has 2 fully saturated rings. The van der Waals surface area contributed by atoms with Gasteiger partial charge in [0.15, 0.2) is 0 Å². The summed E-state index contributed by atoms with van der Waals surface area (Å²) in [4.78, 5) is 53.4. The number of carbonyl (C=O) groups excluding carboxylic acids is 4. The van der Waals surface area contributed by atoms with E-state index in [1.54, 1.807) is 24.3 Å². The number of amides is 5. The van der Waals surface area contributed by atoms with E-state index in [0.717, 1.165) is 22.2 Å². The van der Waals surface area contributed by atoms with E-state index in [0.29, 0.717) is 17.9 Å². The Morgan fingerprint density at radius 2 is 1.70 bits per heavy atom. The van der Waals surface area contributed by atoms with Gasteiger partial charge < -0.3 is 10.1 Å². The maximum atomic E-state index is 12.6. The Labute approximate surface area is 188 Å². The van der Waals surface area contributed by atoms with Gasteiger partial charge in [-0.25, -0.2) is 4.79 Å². The summed E-state index contributed by atoms with van der Waals surface area (Å²) in [6.45, 7) is 2.27. The fraction of sp³-hybridized carbons (Fsp3) is 0.208. The summed E-state index contributed by atoms with van der Waals surface area (Å²) in [6.07, 6.45) is -0.0580. The van der Waals surface area contributed by atoms with Crippen LogP contribution in [-0.2, 0) is 21.0 Å². The zero-order valence-corrected chi connectivity index (χ0v) is 17.7. The van der Waals surface area contributed by atoms with Crippen LogP contribution in [0.25, 0.3) is 10.9 Å². The van der Waals surface area contributed by atoms with Gasteiger partial charge in [-0.2, -0.15) is 0 Å². The van der Waals surface area contributed by atoms with Crippen molar-refractivity contribution in [1.82, 2.24) is 20.9 Å². The van der Waals surface area contributed by atoms with Crippen LogP contribution in [0.4, 0.5) is 4.79 Å². The predicted molar refractivity (Wildman–Crippen MR) is 117 cm³/mol. The summed E-state index contributed by atoms with van der Waals surface area (Å²) in [5, 5.41) is 7.64. The molecule has 0 radical (unpaired) electrons. The lowest BCUT2D eigenvalue weighted by atomic mass is 9.78. The van der Waals surface area contributed by atoms with E-state index in [2.05, 4.69) is 20.9 Å². The van der Waals surface area contributed by atoms with Crippen LogP contribution in [0.2, 0.25) is 0 Å². The molecule has 1 unspecified atom stereocenters. The van der Waals surface area contributed by atoms with Crippen LogP contribution in [-0.4, -0.2) is 34.3 Å². The third-order valence-electron chi connectivity index (χ3n) is 6.03. The summed E-state index contributed by atoms with van der Waals surface area (Å²) in [5.41, 5.74) is 1.55. The quantitative estimate of drug-likeness (QED) is 0.527. The summed E-state index contributed by atoms with van der Waals surface area (Å²) < 4.78 is 5.97. The highest BCUT2D eigenvalue weighted by Crippen LogP contribution is 2.38. The molecule has 1 atom stereocenters. The smallest absolute Gasteiger partial charge is 0.328 e. The number of fused-ring (bicyclic) bond motifs is 1. The molecule has 2 saturated heterocycles. The molecule has 166 valence electrons. The SMILES string of the molecule is Cc1cc(COc2ccc(C3CC(=O)NC34C(=O)NC(=O)NC4=O)cc2)c2ccccc2n1. The normalized spacial score (nSPS) is 19.4. The van der Waals surface area contributed by atoms with Crippen LogP contribution >= 0.6 is 0 Å². The van der Waals surface area contributed by atoms with Gasteiger partial charge in [0.2, 0.25) is 11.4 Å². The maximum Gasteiger partial charge on any atom is 0.328 e. The summed E-state index contributed by atoms with van der Waals surface area (Å²) >= 11 is 0. The number of benzene rings is 2. The van der Waals surface area contributed by atoms with Gasteiger partial charge in [0.1, 0.15) is 12.4 Å². The number of nitrogens with zero attached hydrogens (tertiary/aromatic N) is 1. The molecule has 3 aromatic rings. The third kappa shape index (κ3) is 3.47. The zero-order chi connectivity index (χ0) is 23.2. The number of aromatic nitrogens is 1. The van der Waals surface area contributed by atoms with Gasteiger partial charge in [-0.05, 0) is 36.8 Å². The van der Waals surface area contributed by atoms with Crippen LogP contribution < -0.4 is 20.7 Å². The number of pyridine rings is 1. The van der Waals surface area contributed by atoms with Gasteiger partial charge in [-0.15, -0.1) is 0 Å². The van der Waals surface area contributed by atoms with Crippen molar-refractivity contribution in [3.05, 3.63) is 71.4 Å². The Hall–Kier alpha value is -4.27. The second-order valence-electron chi connectivity index (χ2n) is 8.15. The monoisotopic (exact) mass is 444 g/mol. The highest BCUT2D eigenvalue weighted by Gasteiger charge is 2.61. The first-order valence-electron chi connectivity index (χ1n) is 10.4. The number of imide groups is 2. The van der Waals surface area contributed by atoms with Crippen molar-refractivity contribution in [2.75, 3.05) is 0 Å². The molecular formula is C24H20N4O5. The second-order valence-corrected chi connectivity index (χ2v) is 8.15. The molecule has 2 aromatic carbocycles. The summed E-state index contributed by atoms with van der Waals surface area (Å²) in [5.74, 6) is -2.30. The third-order valence-corrected chi connectivity index (χ3v) is 6.03. The van der Waals surface area contributed by atoms with Gasteiger partial charge in [-0.3, -0.25) is 30.0 Å². The van der Waals surface area contributed by atoms with Gasteiger partial charge in [-0.1, -0.05) is 30.3 Å². The maximum absolute atomic E-state index is 12.6. The summed E-state index contributed by atoms with van der Waals surface area (Å²) in [6, 6.07) is 15.8. The first kappa shape index (κ1) is 20.6. The number of hydrogen-bond acceptors (Lipinski definition) is 6. The van der Waals surface area contributed by atoms with Crippen LogP contribution in [0, 0.1) is 6.92 Å². The van der Waals surface area contributed by atoms with Crippen LogP contribution in [0.3, 0.4) is 0 Å². The van der Waals surface area contributed by atoms with E-state index in [1.165, 1.54) is 0 Å². The number of rotatable bonds is 4. The molecule has 3 N–H and O–H groups in total. The van der Waals surface area contributed by atoms with Crippen LogP contribution in [0.15, 0.2) is 54.6 Å². The fourth-order valence-corrected chi connectivity index (χ4v) is 4.50. The number of aryl methyl sites for hydroxylation is 1. The molecule has 9 nitrogen and oxygen atoms in total. The van der Waals surface area contributed by atoms with Crippen molar-refractivity contribution >= 4 is 34.7 Å². The van der Waals surface area contributed by atoms with Crippen molar-refractivity contribution < 1.29 is 23.9 Å². The molecule has 2 aliphatic heterocycles. The minimum atomic E-state index is -1.86. The van der Waals surface area contributed by atoms with Crippen molar-refractivity contribution in [3.63, 3.8) is 0 Å². The Bertz CT molecular complexity index is 1300. The molecule has 1 spiro atoms. The molecule has 1 aromatic heterocycles. The highest BCUT2D eigenvalue weighted by atomic mass is 16.5.